The van der Waals surface area contributed by atoms with Gasteiger partial charge >= 0.3 is 0 Å². The zero-order valence-corrected chi connectivity index (χ0v) is 28.4. The molecule has 234 valence electrons. The molecule has 0 nitrogen and oxygen atoms in total. The van der Waals surface area contributed by atoms with Crippen LogP contribution in [-0.2, 0) is 0 Å². The van der Waals surface area contributed by atoms with E-state index in [-0.39, 0.29) is 6.71 Å². The molecule has 50 heavy (non-hydrogen) atoms. The van der Waals surface area contributed by atoms with Crippen molar-refractivity contribution in [2.75, 3.05) is 0 Å². The summed E-state index contributed by atoms with van der Waals surface area (Å²) in [5.74, 6) is 0. The predicted octanol–water partition coefficient (Wildman–Crippen LogP) is 11.0. The second-order valence-electron chi connectivity index (χ2n) is 12.9. The molecule has 1 heterocycles. The first kappa shape index (κ1) is 30.2. The van der Waals surface area contributed by atoms with Gasteiger partial charge in [-0.3, -0.25) is 0 Å². The van der Waals surface area contributed by atoms with Crippen LogP contribution in [0.4, 0.5) is 0 Å². The van der Waals surface area contributed by atoms with Crippen molar-refractivity contribution in [3.63, 3.8) is 0 Å². The standard InChI is InChI=1S/C48H33BS/c1-4-14-34(15-5-1)41-30-42(35-16-6-2-7-17-35)32-43(31-41)39-21-13-19-37(29-39)36-18-12-20-38(28-36)40-26-27-46-48(33-40)50-47-25-11-10-24-45(47)49(46)44-22-8-3-9-23-44/h1-33H. The van der Waals surface area contributed by atoms with Gasteiger partial charge in [0, 0.05) is 9.79 Å². The number of benzene rings is 8. The van der Waals surface area contributed by atoms with Gasteiger partial charge in [0.1, 0.15) is 0 Å². The summed E-state index contributed by atoms with van der Waals surface area (Å²) < 4.78 is 0. The summed E-state index contributed by atoms with van der Waals surface area (Å²) in [6.07, 6.45) is 0. The summed E-state index contributed by atoms with van der Waals surface area (Å²) in [6, 6.07) is 73.1. The van der Waals surface area contributed by atoms with Gasteiger partial charge in [0.2, 0.25) is 6.71 Å². The van der Waals surface area contributed by atoms with E-state index < -0.39 is 0 Å². The Hall–Kier alpha value is -5.83. The minimum Gasteiger partial charge on any atom is -0.0911 e. The smallest absolute Gasteiger partial charge is 0.0911 e. The van der Waals surface area contributed by atoms with Crippen LogP contribution in [0.2, 0.25) is 0 Å². The highest BCUT2D eigenvalue weighted by molar-refractivity contribution is 8.00. The van der Waals surface area contributed by atoms with Gasteiger partial charge in [-0.15, -0.1) is 0 Å². The van der Waals surface area contributed by atoms with Crippen LogP contribution in [0.3, 0.4) is 0 Å². The molecule has 8 aromatic carbocycles. The topological polar surface area (TPSA) is 0 Å². The van der Waals surface area contributed by atoms with Crippen molar-refractivity contribution in [1.29, 1.82) is 0 Å². The Morgan fingerprint density at radius 2 is 0.660 bits per heavy atom. The van der Waals surface area contributed by atoms with Crippen LogP contribution in [0.25, 0.3) is 55.6 Å². The Morgan fingerprint density at radius 3 is 1.24 bits per heavy atom. The SMILES string of the molecule is c1ccc(B2c3ccccc3Sc3cc(-c4cccc(-c5cccc(-c6cc(-c7ccccc7)cc(-c7ccccc7)c6)c5)c4)ccc32)cc1. The average molecular weight is 653 g/mol. The first-order chi connectivity index (χ1) is 24.8. The fourth-order valence-corrected chi connectivity index (χ4v) is 8.47. The van der Waals surface area contributed by atoms with E-state index >= 15 is 0 Å². The molecule has 0 spiro atoms. The normalized spacial score (nSPS) is 11.9. The van der Waals surface area contributed by atoms with Crippen molar-refractivity contribution in [1.82, 2.24) is 0 Å². The Morgan fingerprint density at radius 1 is 0.260 bits per heavy atom. The van der Waals surface area contributed by atoms with Crippen molar-refractivity contribution < 1.29 is 0 Å². The molecule has 8 aromatic rings. The number of hydrogen-bond acceptors (Lipinski definition) is 1. The fraction of sp³-hybridized carbons (Fsp3) is 0. The fourth-order valence-electron chi connectivity index (χ4n) is 7.29. The summed E-state index contributed by atoms with van der Waals surface area (Å²) in [7, 11) is 0. The Balaban J connectivity index is 1.08. The maximum Gasteiger partial charge on any atom is 0.244 e. The van der Waals surface area contributed by atoms with Gasteiger partial charge in [-0.2, -0.15) is 0 Å². The summed E-state index contributed by atoms with van der Waals surface area (Å²) in [6.45, 7) is 0.231. The van der Waals surface area contributed by atoms with E-state index in [1.54, 1.807) is 0 Å². The lowest BCUT2D eigenvalue weighted by atomic mass is 9.36. The summed E-state index contributed by atoms with van der Waals surface area (Å²) in [5, 5.41) is 0. The van der Waals surface area contributed by atoms with Gasteiger partial charge in [-0.1, -0.05) is 186 Å². The lowest BCUT2D eigenvalue weighted by Crippen LogP contribution is -2.55. The van der Waals surface area contributed by atoms with Crippen LogP contribution < -0.4 is 16.4 Å². The van der Waals surface area contributed by atoms with E-state index in [1.165, 1.54) is 81.8 Å². The Kier molecular flexibility index (Phi) is 8.01. The third-order valence-electron chi connectivity index (χ3n) is 9.78. The molecule has 0 aliphatic carbocycles. The molecule has 0 N–H and O–H groups in total. The van der Waals surface area contributed by atoms with Crippen LogP contribution in [0.1, 0.15) is 0 Å². The van der Waals surface area contributed by atoms with Crippen LogP contribution in [0, 0.1) is 0 Å². The van der Waals surface area contributed by atoms with Crippen molar-refractivity contribution in [2.24, 2.45) is 0 Å². The van der Waals surface area contributed by atoms with Gasteiger partial charge in [0.05, 0.1) is 0 Å². The van der Waals surface area contributed by atoms with Crippen molar-refractivity contribution in [3.8, 4) is 55.6 Å². The molecule has 0 fully saturated rings. The highest BCUT2D eigenvalue weighted by Gasteiger charge is 2.31. The molecule has 0 atom stereocenters. The van der Waals surface area contributed by atoms with Crippen molar-refractivity contribution in [2.45, 2.75) is 9.79 Å². The second-order valence-corrected chi connectivity index (χ2v) is 14.0. The molecular formula is C48H33BS. The van der Waals surface area contributed by atoms with E-state index in [0.717, 1.165) is 0 Å². The maximum absolute atomic E-state index is 2.39. The Labute approximate surface area is 299 Å². The molecular weight excluding hydrogens is 619 g/mol. The molecule has 1 aliphatic rings. The van der Waals surface area contributed by atoms with Crippen LogP contribution >= 0.6 is 11.8 Å². The van der Waals surface area contributed by atoms with Crippen molar-refractivity contribution >= 4 is 34.9 Å². The zero-order chi connectivity index (χ0) is 33.3. The highest BCUT2D eigenvalue weighted by atomic mass is 32.2. The maximum atomic E-state index is 2.39. The summed E-state index contributed by atoms with van der Waals surface area (Å²) in [5.41, 5.74) is 16.3. The van der Waals surface area contributed by atoms with Gasteiger partial charge in [0.15, 0.2) is 0 Å². The largest absolute Gasteiger partial charge is 0.244 e. The first-order valence-corrected chi connectivity index (χ1v) is 18.0. The minimum atomic E-state index is 0.231. The summed E-state index contributed by atoms with van der Waals surface area (Å²) >= 11 is 1.89. The van der Waals surface area contributed by atoms with E-state index in [0.29, 0.717) is 0 Å². The third kappa shape index (κ3) is 5.89. The van der Waals surface area contributed by atoms with Crippen molar-refractivity contribution in [3.05, 3.63) is 200 Å². The second kappa shape index (κ2) is 13.2. The molecule has 0 amide bonds. The molecule has 0 aromatic heterocycles. The molecule has 0 bridgehead atoms. The molecule has 0 saturated carbocycles. The zero-order valence-electron chi connectivity index (χ0n) is 27.5. The van der Waals surface area contributed by atoms with Gasteiger partial charge in [0.25, 0.3) is 0 Å². The third-order valence-corrected chi connectivity index (χ3v) is 10.9. The monoisotopic (exact) mass is 652 g/mol. The molecule has 1 aliphatic heterocycles. The van der Waals surface area contributed by atoms with E-state index in [9.17, 15) is 0 Å². The number of rotatable bonds is 6. The van der Waals surface area contributed by atoms with E-state index in [2.05, 4.69) is 200 Å². The van der Waals surface area contributed by atoms with Crippen LogP contribution in [0.5, 0.6) is 0 Å². The molecule has 9 rings (SSSR count). The van der Waals surface area contributed by atoms with Gasteiger partial charge in [-0.25, -0.2) is 0 Å². The molecule has 0 saturated heterocycles. The number of fused-ring (bicyclic) bond motifs is 2. The van der Waals surface area contributed by atoms with Crippen LogP contribution in [-0.4, -0.2) is 6.71 Å². The summed E-state index contributed by atoms with van der Waals surface area (Å²) in [4.78, 5) is 2.67. The predicted molar refractivity (Wildman–Crippen MR) is 215 cm³/mol. The van der Waals surface area contributed by atoms with Gasteiger partial charge < -0.3 is 0 Å². The molecule has 2 heteroatoms. The van der Waals surface area contributed by atoms with Crippen LogP contribution in [0.15, 0.2) is 210 Å². The first-order valence-electron chi connectivity index (χ1n) is 17.2. The minimum absolute atomic E-state index is 0.231. The molecule has 0 unspecified atom stereocenters. The quantitative estimate of drug-likeness (QED) is 0.161. The number of hydrogen-bond donors (Lipinski definition) is 0. The Bertz CT molecular complexity index is 2390. The van der Waals surface area contributed by atoms with E-state index in [1.807, 2.05) is 11.8 Å². The lowest BCUT2D eigenvalue weighted by molar-refractivity contribution is 1.43. The average Bonchev–Trinajstić information content (AvgIpc) is 3.20. The highest BCUT2D eigenvalue weighted by Crippen LogP contribution is 2.36. The van der Waals surface area contributed by atoms with Gasteiger partial charge in [-0.05, 0) is 98.1 Å². The molecule has 0 radical (unpaired) electrons. The lowest BCUT2D eigenvalue weighted by Gasteiger charge is -2.26. The van der Waals surface area contributed by atoms with E-state index in [4.69, 9.17) is 0 Å².